The van der Waals surface area contributed by atoms with E-state index in [9.17, 15) is 9.59 Å². The molecule has 1 N–H and O–H groups in total. The average Bonchev–Trinajstić information content (AvgIpc) is 2.33. The van der Waals surface area contributed by atoms with E-state index in [2.05, 4.69) is 0 Å². The Morgan fingerprint density at radius 3 is 3.00 bits per heavy atom. The van der Waals surface area contributed by atoms with Crippen LogP contribution in [0.15, 0.2) is 17.1 Å². The summed E-state index contributed by atoms with van der Waals surface area (Å²) in [6.45, 7) is 4.02. The van der Waals surface area contributed by atoms with Crippen LogP contribution in [0.3, 0.4) is 0 Å². The monoisotopic (exact) mass is 251 g/mol. The van der Waals surface area contributed by atoms with Crippen LogP contribution in [0.2, 0.25) is 0 Å². The minimum absolute atomic E-state index is 0.169. The lowest BCUT2D eigenvalue weighted by atomic mass is 10.0. The third-order valence-electron chi connectivity index (χ3n) is 3.28. The highest BCUT2D eigenvalue weighted by atomic mass is 16.5. The highest BCUT2D eigenvalue weighted by molar-refractivity contribution is 5.87. The van der Waals surface area contributed by atoms with Crippen LogP contribution in [0.4, 0.5) is 0 Å². The molecule has 98 valence electrons. The first-order chi connectivity index (χ1) is 8.58. The molecule has 18 heavy (non-hydrogen) atoms. The molecule has 1 saturated heterocycles. The second-order valence-electron chi connectivity index (χ2n) is 4.73. The molecule has 1 unspecified atom stereocenters. The second-order valence-corrected chi connectivity index (χ2v) is 4.73. The van der Waals surface area contributed by atoms with Crippen LogP contribution in [-0.2, 0) is 11.3 Å². The molecular weight excluding hydrogens is 234 g/mol. The van der Waals surface area contributed by atoms with E-state index in [-0.39, 0.29) is 5.56 Å². The lowest BCUT2D eigenvalue weighted by molar-refractivity contribution is 0.0480. The number of aromatic nitrogens is 1. The first-order valence-electron chi connectivity index (χ1n) is 6.10. The van der Waals surface area contributed by atoms with E-state index in [1.165, 1.54) is 12.3 Å². The molecule has 5 heteroatoms. The zero-order chi connectivity index (χ0) is 13.1. The van der Waals surface area contributed by atoms with Crippen molar-refractivity contribution in [3.63, 3.8) is 0 Å². The van der Waals surface area contributed by atoms with Crippen molar-refractivity contribution in [1.29, 1.82) is 0 Å². The quantitative estimate of drug-likeness (QED) is 0.878. The summed E-state index contributed by atoms with van der Waals surface area (Å²) in [6.07, 6.45) is 3.55. The summed E-state index contributed by atoms with van der Waals surface area (Å²) in [4.78, 5) is 22.4. The molecule has 1 aliphatic rings. The zero-order valence-corrected chi connectivity index (χ0v) is 10.4. The Balaban J connectivity index is 2.23. The number of hydrogen-bond donors (Lipinski definition) is 1. The Bertz CT molecular complexity index is 500. The Labute approximate surface area is 105 Å². The van der Waals surface area contributed by atoms with Crippen molar-refractivity contribution in [2.45, 2.75) is 26.3 Å². The van der Waals surface area contributed by atoms with Crippen molar-refractivity contribution in [3.8, 4) is 0 Å². The van der Waals surface area contributed by atoms with Gasteiger partial charge >= 0.3 is 5.97 Å². The number of aryl methyl sites for hydroxylation is 1. The third-order valence-corrected chi connectivity index (χ3v) is 3.28. The average molecular weight is 251 g/mol. The van der Waals surface area contributed by atoms with Crippen molar-refractivity contribution in [1.82, 2.24) is 4.57 Å². The van der Waals surface area contributed by atoms with Crippen molar-refractivity contribution < 1.29 is 14.6 Å². The Hall–Kier alpha value is -1.62. The van der Waals surface area contributed by atoms with Gasteiger partial charge in [0.15, 0.2) is 5.43 Å². The van der Waals surface area contributed by atoms with Gasteiger partial charge in [0.1, 0.15) is 5.56 Å². The molecule has 0 radical (unpaired) electrons. The molecule has 1 aliphatic heterocycles. The van der Waals surface area contributed by atoms with E-state index in [0.717, 1.165) is 25.1 Å². The number of ether oxygens (including phenoxy) is 1. The maximum Gasteiger partial charge on any atom is 0.341 e. The first-order valence-corrected chi connectivity index (χ1v) is 6.10. The molecule has 1 aromatic heterocycles. The molecule has 0 aromatic carbocycles. The van der Waals surface area contributed by atoms with Gasteiger partial charge in [0.05, 0.1) is 6.61 Å². The highest BCUT2D eigenvalue weighted by Gasteiger charge is 2.16. The number of carboxylic acid groups (broad SMARTS) is 1. The van der Waals surface area contributed by atoms with Crippen LogP contribution in [0.25, 0.3) is 0 Å². The second kappa shape index (κ2) is 5.35. The summed E-state index contributed by atoms with van der Waals surface area (Å²) in [5, 5.41) is 8.95. The van der Waals surface area contributed by atoms with Crippen molar-refractivity contribution in [2.75, 3.05) is 13.2 Å². The van der Waals surface area contributed by atoms with Gasteiger partial charge in [0, 0.05) is 37.0 Å². The molecule has 1 fully saturated rings. The van der Waals surface area contributed by atoms with Crippen LogP contribution in [0.1, 0.15) is 28.9 Å². The molecule has 1 atom stereocenters. The van der Waals surface area contributed by atoms with Gasteiger partial charge in [0.25, 0.3) is 0 Å². The molecule has 1 aromatic rings. The topological polar surface area (TPSA) is 68.5 Å². The van der Waals surface area contributed by atoms with Gasteiger partial charge in [-0.15, -0.1) is 0 Å². The lowest BCUT2D eigenvalue weighted by Crippen LogP contribution is -2.25. The summed E-state index contributed by atoms with van der Waals surface area (Å²) in [7, 11) is 0. The molecule has 2 rings (SSSR count). The van der Waals surface area contributed by atoms with Gasteiger partial charge in [-0.3, -0.25) is 4.79 Å². The fourth-order valence-electron chi connectivity index (χ4n) is 2.26. The molecule has 0 aliphatic carbocycles. The number of aromatic carboxylic acids is 1. The lowest BCUT2D eigenvalue weighted by Gasteiger charge is -2.24. The molecule has 0 bridgehead atoms. The largest absolute Gasteiger partial charge is 0.477 e. The Morgan fingerprint density at radius 1 is 1.61 bits per heavy atom. The van der Waals surface area contributed by atoms with E-state index >= 15 is 0 Å². The Morgan fingerprint density at radius 2 is 2.39 bits per heavy atom. The normalized spacial score (nSPS) is 19.7. The number of rotatable bonds is 3. The number of hydrogen-bond acceptors (Lipinski definition) is 3. The summed E-state index contributed by atoms with van der Waals surface area (Å²) >= 11 is 0. The van der Waals surface area contributed by atoms with E-state index in [1.54, 1.807) is 0 Å². The van der Waals surface area contributed by atoms with Gasteiger partial charge < -0.3 is 14.4 Å². The molecule has 0 saturated carbocycles. The maximum atomic E-state index is 11.5. The van der Waals surface area contributed by atoms with Crippen LogP contribution < -0.4 is 5.43 Å². The highest BCUT2D eigenvalue weighted by Crippen LogP contribution is 2.16. The van der Waals surface area contributed by atoms with Gasteiger partial charge in [-0.2, -0.15) is 0 Å². The van der Waals surface area contributed by atoms with E-state index in [0.29, 0.717) is 19.1 Å². The number of pyridine rings is 1. The summed E-state index contributed by atoms with van der Waals surface area (Å²) < 4.78 is 7.24. The van der Waals surface area contributed by atoms with Gasteiger partial charge in [-0.25, -0.2) is 4.79 Å². The summed E-state index contributed by atoms with van der Waals surface area (Å²) in [5.41, 5.74) is 0.184. The SMILES string of the molecule is Cc1cc(=O)c(C(=O)O)cn1CC1CCCOC1. The number of nitrogens with zero attached hydrogens (tertiary/aromatic N) is 1. The summed E-state index contributed by atoms with van der Waals surface area (Å²) in [6, 6.07) is 1.38. The summed E-state index contributed by atoms with van der Waals surface area (Å²) in [5.74, 6) is -0.782. The van der Waals surface area contributed by atoms with Gasteiger partial charge in [-0.05, 0) is 19.8 Å². The van der Waals surface area contributed by atoms with Crippen LogP contribution in [0, 0.1) is 12.8 Å². The van der Waals surface area contributed by atoms with E-state index in [4.69, 9.17) is 9.84 Å². The number of carboxylic acids is 1. The first kappa shape index (κ1) is 12.8. The van der Waals surface area contributed by atoms with E-state index < -0.39 is 11.4 Å². The number of carbonyl (C=O) groups is 1. The van der Waals surface area contributed by atoms with E-state index in [1.807, 2.05) is 11.5 Å². The molecule has 0 spiro atoms. The molecule has 2 heterocycles. The van der Waals surface area contributed by atoms with Crippen molar-refractivity contribution >= 4 is 5.97 Å². The van der Waals surface area contributed by atoms with Crippen molar-refractivity contribution in [2.24, 2.45) is 5.92 Å². The van der Waals surface area contributed by atoms with Crippen LogP contribution in [0.5, 0.6) is 0 Å². The Kier molecular flexibility index (Phi) is 3.81. The minimum Gasteiger partial charge on any atom is -0.477 e. The minimum atomic E-state index is -1.17. The third kappa shape index (κ3) is 2.79. The van der Waals surface area contributed by atoms with Crippen LogP contribution in [-0.4, -0.2) is 28.9 Å². The maximum absolute atomic E-state index is 11.5. The van der Waals surface area contributed by atoms with Gasteiger partial charge in [0.2, 0.25) is 0 Å². The standard InChI is InChI=1S/C13H17NO4/c1-9-5-12(15)11(13(16)17)7-14(9)6-10-3-2-4-18-8-10/h5,7,10H,2-4,6,8H2,1H3,(H,16,17). The fraction of sp³-hybridized carbons (Fsp3) is 0.538. The zero-order valence-electron chi connectivity index (χ0n) is 10.4. The molecule has 0 amide bonds. The predicted molar refractivity (Wildman–Crippen MR) is 65.9 cm³/mol. The van der Waals surface area contributed by atoms with Crippen LogP contribution >= 0.6 is 0 Å². The smallest absolute Gasteiger partial charge is 0.341 e. The molecule has 5 nitrogen and oxygen atoms in total. The van der Waals surface area contributed by atoms with Crippen molar-refractivity contribution in [3.05, 3.63) is 33.7 Å². The fourth-order valence-corrected chi connectivity index (χ4v) is 2.26. The van der Waals surface area contributed by atoms with Gasteiger partial charge in [-0.1, -0.05) is 0 Å². The predicted octanol–water partition coefficient (Wildman–Crippen LogP) is 1.28. The molecular formula is C13H17NO4.